The first-order chi connectivity index (χ1) is 15.8. The van der Waals surface area contributed by atoms with E-state index in [1.807, 2.05) is 6.92 Å². The van der Waals surface area contributed by atoms with Crippen molar-refractivity contribution in [2.75, 3.05) is 18.4 Å². The summed E-state index contributed by atoms with van der Waals surface area (Å²) in [6.45, 7) is 4.62. The minimum atomic E-state index is -3.64. The van der Waals surface area contributed by atoms with E-state index in [1.165, 1.54) is 10.4 Å². The number of nitrogens with zero attached hydrogens (tertiary/aromatic N) is 3. The van der Waals surface area contributed by atoms with Gasteiger partial charge in [0.25, 0.3) is 5.91 Å². The van der Waals surface area contributed by atoms with E-state index in [4.69, 9.17) is 4.74 Å². The van der Waals surface area contributed by atoms with Gasteiger partial charge >= 0.3 is 6.01 Å². The first-order valence-electron chi connectivity index (χ1n) is 10.8. The summed E-state index contributed by atoms with van der Waals surface area (Å²) >= 11 is 0. The number of aromatic nitrogens is 2. The van der Waals surface area contributed by atoms with Crippen LogP contribution in [0.15, 0.2) is 59.8 Å². The summed E-state index contributed by atoms with van der Waals surface area (Å²) in [7, 11) is -3.64. The van der Waals surface area contributed by atoms with Gasteiger partial charge in [0.1, 0.15) is 5.75 Å². The van der Waals surface area contributed by atoms with Crippen molar-refractivity contribution in [3.63, 3.8) is 0 Å². The number of piperidine rings is 1. The Kier molecular flexibility index (Phi) is 6.71. The van der Waals surface area contributed by atoms with Crippen LogP contribution < -0.4 is 10.1 Å². The summed E-state index contributed by atoms with van der Waals surface area (Å²) in [6, 6.07) is 11.9. The van der Waals surface area contributed by atoms with Crippen molar-refractivity contribution in [3.8, 4) is 11.8 Å². The molecule has 4 rings (SSSR count). The molecule has 0 bridgehead atoms. The molecule has 9 heteroatoms. The number of sulfonamides is 1. The molecule has 2 heterocycles. The Morgan fingerprint density at radius 1 is 0.970 bits per heavy atom. The summed E-state index contributed by atoms with van der Waals surface area (Å²) in [6.07, 6.45) is 5.92. The Bertz CT molecular complexity index is 1260. The lowest BCUT2D eigenvalue weighted by molar-refractivity contribution is 0.102. The Hall–Kier alpha value is -3.30. The fourth-order valence-electron chi connectivity index (χ4n) is 3.74. The van der Waals surface area contributed by atoms with Gasteiger partial charge in [-0.3, -0.25) is 4.79 Å². The third-order valence-electron chi connectivity index (χ3n) is 5.58. The molecule has 0 spiro atoms. The van der Waals surface area contributed by atoms with Crippen molar-refractivity contribution in [2.24, 2.45) is 0 Å². The van der Waals surface area contributed by atoms with Crippen molar-refractivity contribution < 1.29 is 17.9 Å². The molecule has 0 atom stereocenters. The van der Waals surface area contributed by atoms with Gasteiger partial charge in [0.15, 0.2) is 0 Å². The fraction of sp³-hybridized carbons (Fsp3) is 0.292. The summed E-state index contributed by atoms with van der Waals surface area (Å²) < 4.78 is 33.4. The van der Waals surface area contributed by atoms with Gasteiger partial charge < -0.3 is 10.1 Å². The maximum absolute atomic E-state index is 13.2. The van der Waals surface area contributed by atoms with E-state index in [1.54, 1.807) is 55.7 Å². The maximum atomic E-state index is 13.2. The first kappa shape index (κ1) is 22.9. The average Bonchev–Trinajstić information content (AvgIpc) is 2.82. The molecule has 1 amide bonds. The van der Waals surface area contributed by atoms with Crippen LogP contribution in [0.2, 0.25) is 0 Å². The van der Waals surface area contributed by atoms with E-state index in [9.17, 15) is 13.2 Å². The van der Waals surface area contributed by atoms with E-state index < -0.39 is 10.0 Å². The maximum Gasteiger partial charge on any atom is 0.321 e. The third kappa shape index (κ3) is 5.20. The number of anilines is 1. The van der Waals surface area contributed by atoms with Crippen LogP contribution in [0, 0.1) is 13.8 Å². The second-order valence-electron chi connectivity index (χ2n) is 8.01. The number of hydrogen-bond donors (Lipinski definition) is 1. The van der Waals surface area contributed by atoms with Gasteiger partial charge in [0.2, 0.25) is 10.0 Å². The van der Waals surface area contributed by atoms with Gasteiger partial charge in [-0.1, -0.05) is 12.5 Å². The standard InChI is InChI=1S/C24H26N4O4S/c1-17-7-8-19(16-22(17)33(30,31)28-13-4-3-5-14-28)23(29)27-21-10-9-20(15-18(21)2)32-24-25-11-6-12-26-24/h6-12,15-16H,3-5,13-14H2,1-2H3,(H,27,29). The van der Waals surface area contributed by atoms with Crippen molar-refractivity contribution >= 4 is 21.6 Å². The monoisotopic (exact) mass is 466 g/mol. The summed E-state index contributed by atoms with van der Waals surface area (Å²) in [4.78, 5) is 21.2. The van der Waals surface area contributed by atoms with Crippen LogP contribution in [0.3, 0.4) is 0 Å². The summed E-state index contributed by atoms with van der Waals surface area (Å²) in [5.41, 5.74) is 2.29. The van der Waals surface area contributed by atoms with E-state index in [0.29, 0.717) is 30.1 Å². The van der Waals surface area contributed by atoms with Crippen LogP contribution in [-0.4, -0.2) is 41.7 Å². The van der Waals surface area contributed by atoms with E-state index in [2.05, 4.69) is 15.3 Å². The molecule has 0 radical (unpaired) electrons. The number of nitrogens with one attached hydrogen (secondary N) is 1. The Labute approximate surface area is 193 Å². The van der Waals surface area contributed by atoms with Crippen molar-refractivity contribution in [3.05, 3.63) is 71.5 Å². The van der Waals surface area contributed by atoms with Gasteiger partial charge in [0, 0.05) is 36.7 Å². The Morgan fingerprint density at radius 3 is 2.39 bits per heavy atom. The van der Waals surface area contributed by atoms with Gasteiger partial charge in [-0.15, -0.1) is 0 Å². The van der Waals surface area contributed by atoms with Gasteiger partial charge in [-0.25, -0.2) is 18.4 Å². The molecule has 172 valence electrons. The molecule has 33 heavy (non-hydrogen) atoms. The quantitative estimate of drug-likeness (QED) is 0.581. The van der Waals surface area contributed by atoms with Crippen LogP contribution in [0.4, 0.5) is 5.69 Å². The second kappa shape index (κ2) is 9.68. The van der Waals surface area contributed by atoms with Gasteiger partial charge in [0.05, 0.1) is 4.90 Å². The highest BCUT2D eigenvalue weighted by atomic mass is 32.2. The number of amides is 1. The lowest BCUT2D eigenvalue weighted by Gasteiger charge is -2.26. The minimum absolute atomic E-state index is 0.181. The highest BCUT2D eigenvalue weighted by Crippen LogP contribution is 2.27. The lowest BCUT2D eigenvalue weighted by Crippen LogP contribution is -2.36. The molecule has 1 N–H and O–H groups in total. The lowest BCUT2D eigenvalue weighted by atomic mass is 10.1. The normalized spacial score (nSPS) is 14.6. The second-order valence-corrected chi connectivity index (χ2v) is 9.92. The molecule has 8 nitrogen and oxygen atoms in total. The summed E-state index contributed by atoms with van der Waals surface area (Å²) in [5.74, 6) is 0.162. The molecule has 2 aromatic carbocycles. The topological polar surface area (TPSA) is 101 Å². The number of rotatable bonds is 6. The highest BCUT2D eigenvalue weighted by Gasteiger charge is 2.28. The fourth-order valence-corrected chi connectivity index (χ4v) is 5.51. The number of aryl methyl sites for hydroxylation is 2. The van der Waals surface area contributed by atoms with E-state index in [0.717, 1.165) is 24.8 Å². The molecule has 1 aliphatic rings. The van der Waals surface area contributed by atoms with Crippen LogP contribution >= 0.6 is 0 Å². The van der Waals surface area contributed by atoms with Crippen LogP contribution in [0.5, 0.6) is 11.8 Å². The minimum Gasteiger partial charge on any atom is -0.424 e. The van der Waals surface area contributed by atoms with Crippen molar-refractivity contribution in [2.45, 2.75) is 38.0 Å². The van der Waals surface area contributed by atoms with E-state index in [-0.39, 0.29) is 22.4 Å². The van der Waals surface area contributed by atoms with Crippen LogP contribution in [0.25, 0.3) is 0 Å². The van der Waals surface area contributed by atoms with Gasteiger partial charge in [-0.2, -0.15) is 4.31 Å². The molecule has 1 aromatic heterocycles. The molecule has 3 aromatic rings. The van der Waals surface area contributed by atoms with Crippen molar-refractivity contribution in [1.29, 1.82) is 0 Å². The Morgan fingerprint density at radius 2 is 1.70 bits per heavy atom. The zero-order chi connectivity index (χ0) is 23.4. The van der Waals surface area contributed by atoms with Crippen LogP contribution in [-0.2, 0) is 10.0 Å². The van der Waals surface area contributed by atoms with Gasteiger partial charge in [-0.05, 0) is 74.2 Å². The van der Waals surface area contributed by atoms with Crippen molar-refractivity contribution in [1.82, 2.24) is 14.3 Å². The SMILES string of the molecule is Cc1cc(Oc2ncccn2)ccc1NC(=O)c1ccc(C)c(S(=O)(=O)N2CCCCC2)c1. The molecule has 1 fully saturated rings. The average molecular weight is 467 g/mol. The zero-order valence-electron chi connectivity index (χ0n) is 18.6. The molecule has 1 aliphatic heterocycles. The number of ether oxygens (including phenoxy) is 1. The smallest absolute Gasteiger partial charge is 0.321 e. The Balaban J connectivity index is 1.52. The summed E-state index contributed by atoms with van der Waals surface area (Å²) in [5, 5.41) is 2.86. The number of hydrogen-bond acceptors (Lipinski definition) is 6. The number of carbonyl (C=O) groups is 1. The first-order valence-corrected chi connectivity index (χ1v) is 12.3. The number of benzene rings is 2. The molecule has 0 aliphatic carbocycles. The largest absolute Gasteiger partial charge is 0.424 e. The molecular formula is C24H26N4O4S. The predicted molar refractivity (Wildman–Crippen MR) is 125 cm³/mol. The predicted octanol–water partition coefficient (Wildman–Crippen LogP) is 4.31. The molecule has 0 unspecified atom stereocenters. The van der Waals surface area contributed by atoms with Crippen LogP contribution in [0.1, 0.15) is 40.7 Å². The zero-order valence-corrected chi connectivity index (χ0v) is 19.4. The molecule has 1 saturated heterocycles. The molecule has 0 saturated carbocycles. The number of carbonyl (C=O) groups excluding carboxylic acids is 1. The van der Waals surface area contributed by atoms with E-state index >= 15 is 0 Å². The molecular weight excluding hydrogens is 440 g/mol. The highest BCUT2D eigenvalue weighted by molar-refractivity contribution is 7.89. The third-order valence-corrected chi connectivity index (χ3v) is 7.62.